The van der Waals surface area contributed by atoms with E-state index in [2.05, 4.69) is 15.8 Å². The zero-order valence-corrected chi connectivity index (χ0v) is 13.7. The van der Waals surface area contributed by atoms with Gasteiger partial charge in [-0.25, -0.2) is 5.43 Å². The Morgan fingerprint density at radius 3 is 2.32 bits per heavy atom. The summed E-state index contributed by atoms with van der Waals surface area (Å²) in [5.74, 6) is -0.302. The van der Waals surface area contributed by atoms with Crippen molar-refractivity contribution in [2.45, 2.75) is 6.92 Å². The molecule has 0 unspecified atom stereocenters. The van der Waals surface area contributed by atoms with E-state index in [0.29, 0.717) is 21.3 Å². The molecule has 2 N–H and O–H groups in total. The van der Waals surface area contributed by atoms with E-state index < -0.39 is 0 Å². The van der Waals surface area contributed by atoms with Gasteiger partial charge in [0.2, 0.25) is 0 Å². The molecule has 0 aromatic heterocycles. The van der Waals surface area contributed by atoms with Crippen molar-refractivity contribution in [2.24, 2.45) is 5.10 Å². The number of carbonyl (C=O) groups excluding carboxylic acids is 1. The van der Waals surface area contributed by atoms with Crippen molar-refractivity contribution in [1.82, 2.24) is 5.43 Å². The molecule has 0 saturated heterocycles. The molecule has 0 bridgehead atoms. The average Bonchev–Trinajstić information content (AvgIpc) is 2.53. The first-order valence-electron chi connectivity index (χ1n) is 6.59. The highest BCUT2D eigenvalue weighted by atomic mass is 35.5. The van der Waals surface area contributed by atoms with E-state index >= 15 is 0 Å². The van der Waals surface area contributed by atoms with Crippen molar-refractivity contribution < 1.29 is 4.79 Å². The van der Waals surface area contributed by atoms with Gasteiger partial charge < -0.3 is 5.32 Å². The standard InChI is InChI=1S/C16H15Cl2N3O/c1-10(14-9-13(18)7-8-15(14)19-2)20-21-16(22)11-3-5-12(17)6-4-11/h3-9,19H,1-2H3,(H,21,22)/b20-10+. The fourth-order valence-corrected chi connectivity index (χ4v) is 2.19. The van der Waals surface area contributed by atoms with Crippen LogP contribution in [0.25, 0.3) is 0 Å². The van der Waals surface area contributed by atoms with Crippen LogP contribution in [0.2, 0.25) is 10.0 Å². The zero-order valence-electron chi connectivity index (χ0n) is 12.2. The fourth-order valence-electron chi connectivity index (χ4n) is 1.89. The molecule has 0 radical (unpaired) electrons. The van der Waals surface area contributed by atoms with E-state index in [9.17, 15) is 4.79 Å². The topological polar surface area (TPSA) is 53.5 Å². The monoisotopic (exact) mass is 335 g/mol. The van der Waals surface area contributed by atoms with Crippen molar-refractivity contribution >= 4 is 40.5 Å². The van der Waals surface area contributed by atoms with Gasteiger partial charge in [-0.2, -0.15) is 5.10 Å². The maximum Gasteiger partial charge on any atom is 0.271 e. The molecule has 0 atom stereocenters. The molecule has 0 aliphatic rings. The van der Waals surface area contributed by atoms with Crippen LogP contribution in [0.5, 0.6) is 0 Å². The lowest BCUT2D eigenvalue weighted by molar-refractivity contribution is 0.0955. The molecular formula is C16H15Cl2N3O. The number of hydrogen-bond acceptors (Lipinski definition) is 3. The van der Waals surface area contributed by atoms with Gasteiger partial charge in [-0.05, 0) is 49.4 Å². The molecule has 1 amide bonds. The Bertz CT molecular complexity index is 712. The minimum atomic E-state index is -0.302. The third-order valence-electron chi connectivity index (χ3n) is 3.07. The maximum absolute atomic E-state index is 12.0. The van der Waals surface area contributed by atoms with Crippen LogP contribution in [0.15, 0.2) is 47.6 Å². The molecule has 0 spiro atoms. The quantitative estimate of drug-likeness (QED) is 0.650. The lowest BCUT2D eigenvalue weighted by Gasteiger charge is -2.09. The van der Waals surface area contributed by atoms with Gasteiger partial charge in [0.15, 0.2) is 0 Å². The number of rotatable bonds is 4. The van der Waals surface area contributed by atoms with Crippen LogP contribution in [0.3, 0.4) is 0 Å². The van der Waals surface area contributed by atoms with E-state index in [4.69, 9.17) is 23.2 Å². The number of halogens is 2. The number of hydrogen-bond donors (Lipinski definition) is 2. The van der Waals surface area contributed by atoms with Crippen LogP contribution in [-0.4, -0.2) is 18.7 Å². The molecule has 0 aliphatic carbocycles. The van der Waals surface area contributed by atoms with Gasteiger partial charge >= 0.3 is 0 Å². The van der Waals surface area contributed by atoms with Crippen LogP contribution in [-0.2, 0) is 0 Å². The summed E-state index contributed by atoms with van der Waals surface area (Å²) in [5, 5.41) is 8.37. The Morgan fingerprint density at radius 2 is 1.68 bits per heavy atom. The summed E-state index contributed by atoms with van der Waals surface area (Å²) in [6.45, 7) is 1.80. The fraction of sp³-hybridized carbons (Fsp3) is 0.125. The Labute approximate surface area is 139 Å². The molecule has 22 heavy (non-hydrogen) atoms. The molecule has 114 valence electrons. The molecule has 6 heteroatoms. The minimum absolute atomic E-state index is 0.302. The summed E-state index contributed by atoms with van der Waals surface area (Å²) >= 11 is 11.8. The van der Waals surface area contributed by atoms with Crippen molar-refractivity contribution in [3.05, 3.63) is 63.6 Å². The molecule has 2 rings (SSSR count). The second-order valence-corrected chi connectivity index (χ2v) is 5.46. The second-order valence-electron chi connectivity index (χ2n) is 4.58. The number of carbonyl (C=O) groups is 1. The number of anilines is 1. The minimum Gasteiger partial charge on any atom is -0.388 e. The molecular weight excluding hydrogens is 321 g/mol. The first-order valence-corrected chi connectivity index (χ1v) is 7.34. The zero-order chi connectivity index (χ0) is 16.1. The number of nitrogens with one attached hydrogen (secondary N) is 2. The van der Waals surface area contributed by atoms with Gasteiger partial charge in [-0.15, -0.1) is 0 Å². The van der Waals surface area contributed by atoms with Gasteiger partial charge in [-0.3, -0.25) is 4.79 Å². The van der Waals surface area contributed by atoms with Crippen molar-refractivity contribution in [3.8, 4) is 0 Å². The summed E-state index contributed by atoms with van der Waals surface area (Å²) in [6.07, 6.45) is 0. The summed E-state index contributed by atoms with van der Waals surface area (Å²) in [5.41, 5.74) is 5.36. The normalized spacial score (nSPS) is 11.2. The summed E-state index contributed by atoms with van der Waals surface area (Å²) in [7, 11) is 1.81. The molecule has 0 fully saturated rings. The highest BCUT2D eigenvalue weighted by Gasteiger charge is 2.08. The van der Waals surface area contributed by atoms with Gasteiger partial charge in [-0.1, -0.05) is 23.2 Å². The van der Waals surface area contributed by atoms with Crippen LogP contribution in [0.1, 0.15) is 22.8 Å². The van der Waals surface area contributed by atoms with E-state index in [1.54, 1.807) is 43.3 Å². The number of amides is 1. The summed E-state index contributed by atoms with van der Waals surface area (Å²) in [4.78, 5) is 12.0. The average molecular weight is 336 g/mol. The highest BCUT2D eigenvalue weighted by Crippen LogP contribution is 2.21. The molecule has 2 aromatic carbocycles. The van der Waals surface area contributed by atoms with Crippen LogP contribution >= 0.6 is 23.2 Å². The Balaban J connectivity index is 2.17. The predicted molar refractivity (Wildman–Crippen MR) is 92.1 cm³/mol. The largest absolute Gasteiger partial charge is 0.388 e. The lowest BCUT2D eigenvalue weighted by Crippen LogP contribution is -2.19. The van der Waals surface area contributed by atoms with Crippen molar-refractivity contribution in [1.29, 1.82) is 0 Å². The summed E-state index contributed by atoms with van der Waals surface area (Å²) < 4.78 is 0. The number of hydrazone groups is 1. The van der Waals surface area contributed by atoms with E-state index in [0.717, 1.165) is 11.3 Å². The van der Waals surface area contributed by atoms with Crippen molar-refractivity contribution in [2.75, 3.05) is 12.4 Å². The smallest absolute Gasteiger partial charge is 0.271 e. The van der Waals surface area contributed by atoms with E-state index in [1.165, 1.54) is 0 Å². The predicted octanol–water partition coefficient (Wildman–Crippen LogP) is 4.19. The number of nitrogens with zero attached hydrogens (tertiary/aromatic N) is 1. The Morgan fingerprint density at radius 1 is 1.05 bits per heavy atom. The van der Waals surface area contributed by atoms with E-state index in [1.807, 2.05) is 13.1 Å². The first kappa shape index (κ1) is 16.3. The van der Waals surface area contributed by atoms with Crippen LogP contribution < -0.4 is 10.7 Å². The SMILES string of the molecule is CNc1ccc(Cl)cc1/C(C)=N/NC(=O)c1ccc(Cl)cc1. The van der Waals surface area contributed by atoms with Crippen LogP contribution in [0, 0.1) is 0 Å². The summed E-state index contributed by atoms with van der Waals surface area (Å²) in [6, 6.07) is 12.0. The second kappa shape index (κ2) is 7.29. The highest BCUT2D eigenvalue weighted by molar-refractivity contribution is 6.31. The first-order chi connectivity index (χ1) is 10.5. The van der Waals surface area contributed by atoms with Crippen LogP contribution in [0.4, 0.5) is 5.69 Å². The molecule has 0 heterocycles. The molecule has 0 saturated carbocycles. The number of benzene rings is 2. The maximum atomic E-state index is 12.0. The van der Waals surface area contributed by atoms with E-state index in [-0.39, 0.29) is 5.91 Å². The lowest BCUT2D eigenvalue weighted by atomic mass is 10.1. The molecule has 2 aromatic rings. The van der Waals surface area contributed by atoms with Gasteiger partial charge in [0.1, 0.15) is 0 Å². The van der Waals surface area contributed by atoms with Gasteiger partial charge in [0.05, 0.1) is 5.71 Å². The van der Waals surface area contributed by atoms with Crippen molar-refractivity contribution in [3.63, 3.8) is 0 Å². The third kappa shape index (κ3) is 4.00. The van der Waals surface area contributed by atoms with Gasteiger partial charge in [0, 0.05) is 33.9 Å². The van der Waals surface area contributed by atoms with Gasteiger partial charge in [0.25, 0.3) is 5.91 Å². The third-order valence-corrected chi connectivity index (χ3v) is 3.56. The Kier molecular flexibility index (Phi) is 5.41. The Hall–Kier alpha value is -2.04. The molecule has 4 nitrogen and oxygen atoms in total. The molecule has 0 aliphatic heterocycles.